The van der Waals surface area contributed by atoms with E-state index in [0.29, 0.717) is 31.9 Å². The Balaban J connectivity index is 2.04. The number of carbonyl (C=O) groups is 2. The minimum absolute atomic E-state index is 0.0614. The van der Waals surface area contributed by atoms with Crippen molar-refractivity contribution in [2.75, 3.05) is 32.9 Å². The molecular formula is C14H18N2O6S. The van der Waals surface area contributed by atoms with E-state index >= 15 is 0 Å². The van der Waals surface area contributed by atoms with Crippen LogP contribution < -0.4 is 5.14 Å². The van der Waals surface area contributed by atoms with E-state index in [1.54, 1.807) is 11.8 Å². The van der Waals surface area contributed by atoms with Crippen LogP contribution in [-0.2, 0) is 24.3 Å². The summed E-state index contributed by atoms with van der Waals surface area (Å²) >= 11 is 0. The van der Waals surface area contributed by atoms with E-state index in [4.69, 9.17) is 14.6 Å². The predicted molar refractivity (Wildman–Crippen MR) is 80.2 cm³/mol. The highest BCUT2D eigenvalue weighted by molar-refractivity contribution is 7.89. The Hall–Kier alpha value is -1.97. The summed E-state index contributed by atoms with van der Waals surface area (Å²) in [6.07, 6.45) is 0. The average Bonchev–Trinajstić information content (AvgIpc) is 2.52. The molecule has 0 saturated carbocycles. The number of sulfonamides is 1. The number of carbonyl (C=O) groups excluding carboxylic acids is 2. The summed E-state index contributed by atoms with van der Waals surface area (Å²) in [6.45, 7) is 3.04. The van der Waals surface area contributed by atoms with E-state index in [1.807, 2.05) is 0 Å². The lowest BCUT2D eigenvalue weighted by Crippen LogP contribution is -2.42. The van der Waals surface area contributed by atoms with Crippen LogP contribution in [0.5, 0.6) is 0 Å². The number of nitrogens with zero attached hydrogens (tertiary/aromatic N) is 1. The summed E-state index contributed by atoms with van der Waals surface area (Å²) in [4.78, 5) is 25.4. The molecule has 0 spiro atoms. The zero-order valence-electron chi connectivity index (χ0n) is 12.6. The van der Waals surface area contributed by atoms with E-state index in [0.717, 1.165) is 6.07 Å². The van der Waals surface area contributed by atoms with Gasteiger partial charge in [0.1, 0.15) is 0 Å². The summed E-state index contributed by atoms with van der Waals surface area (Å²) in [5.41, 5.74) is 0.590. The van der Waals surface area contributed by atoms with E-state index in [1.165, 1.54) is 12.1 Å². The van der Waals surface area contributed by atoms with Gasteiger partial charge in [-0.25, -0.2) is 18.4 Å². The van der Waals surface area contributed by atoms with Gasteiger partial charge in [0.25, 0.3) is 5.91 Å². The maximum atomic E-state index is 12.1. The number of aryl methyl sites for hydroxylation is 1. The molecule has 1 aromatic rings. The predicted octanol–water partition coefficient (Wildman–Crippen LogP) is -0.342. The van der Waals surface area contributed by atoms with Gasteiger partial charge < -0.3 is 14.4 Å². The number of morpholine rings is 1. The first-order valence-corrected chi connectivity index (χ1v) is 8.50. The van der Waals surface area contributed by atoms with Crippen LogP contribution in [-0.4, -0.2) is 58.1 Å². The van der Waals surface area contributed by atoms with Crippen LogP contribution in [0.2, 0.25) is 0 Å². The van der Waals surface area contributed by atoms with Gasteiger partial charge in [-0.2, -0.15) is 0 Å². The van der Waals surface area contributed by atoms with Crippen molar-refractivity contribution < 1.29 is 27.5 Å². The molecule has 0 unspecified atom stereocenters. The van der Waals surface area contributed by atoms with Crippen LogP contribution in [0.15, 0.2) is 23.1 Å². The number of nitrogens with two attached hydrogens (primary N) is 1. The molecule has 9 heteroatoms. The van der Waals surface area contributed by atoms with E-state index in [-0.39, 0.29) is 16.4 Å². The largest absolute Gasteiger partial charge is 0.452 e. The molecule has 2 N–H and O–H groups in total. The lowest BCUT2D eigenvalue weighted by molar-refractivity contribution is -0.138. The Bertz CT molecular complexity index is 710. The van der Waals surface area contributed by atoms with Crippen LogP contribution in [0.1, 0.15) is 15.9 Å². The van der Waals surface area contributed by atoms with Gasteiger partial charge in [0.2, 0.25) is 10.0 Å². The molecule has 0 radical (unpaired) electrons. The van der Waals surface area contributed by atoms with Crippen LogP contribution in [0, 0.1) is 6.92 Å². The smallest absolute Gasteiger partial charge is 0.338 e. The fourth-order valence-corrected chi connectivity index (χ4v) is 2.65. The SMILES string of the molecule is Cc1ccc(S(N)(=O)=O)cc1C(=O)OCC(=O)N1CCOCC1. The Morgan fingerprint density at radius 1 is 1.30 bits per heavy atom. The van der Waals surface area contributed by atoms with Crippen molar-refractivity contribution in [1.82, 2.24) is 4.90 Å². The number of rotatable bonds is 4. The van der Waals surface area contributed by atoms with Gasteiger partial charge in [-0.05, 0) is 24.6 Å². The van der Waals surface area contributed by atoms with Gasteiger partial charge in [-0.15, -0.1) is 0 Å². The first-order valence-electron chi connectivity index (χ1n) is 6.95. The molecule has 0 aliphatic carbocycles. The third-order valence-electron chi connectivity index (χ3n) is 3.45. The average molecular weight is 342 g/mol. The van der Waals surface area contributed by atoms with Crippen LogP contribution >= 0.6 is 0 Å². The van der Waals surface area contributed by atoms with Crippen molar-refractivity contribution in [2.24, 2.45) is 5.14 Å². The monoisotopic (exact) mass is 342 g/mol. The second-order valence-corrected chi connectivity index (χ2v) is 6.65. The van der Waals surface area contributed by atoms with E-state index < -0.39 is 22.6 Å². The van der Waals surface area contributed by atoms with Crippen LogP contribution in [0.25, 0.3) is 0 Å². The molecule has 0 atom stereocenters. The Kier molecular flexibility index (Phi) is 5.34. The lowest BCUT2D eigenvalue weighted by Gasteiger charge is -2.26. The molecule has 8 nitrogen and oxygen atoms in total. The summed E-state index contributed by atoms with van der Waals surface area (Å²) in [5.74, 6) is -1.09. The van der Waals surface area contributed by atoms with Crippen molar-refractivity contribution in [3.05, 3.63) is 29.3 Å². The van der Waals surface area contributed by atoms with Gasteiger partial charge in [-0.1, -0.05) is 6.07 Å². The summed E-state index contributed by atoms with van der Waals surface area (Å²) in [5, 5.41) is 5.04. The third kappa shape index (κ3) is 4.50. The second-order valence-electron chi connectivity index (χ2n) is 5.09. The molecule has 2 rings (SSSR count). The Labute approximate surface area is 134 Å². The third-order valence-corrected chi connectivity index (χ3v) is 4.36. The maximum absolute atomic E-state index is 12.1. The number of ether oxygens (including phenoxy) is 2. The molecule has 1 aliphatic rings. The van der Waals surface area contributed by atoms with Crippen molar-refractivity contribution in [3.63, 3.8) is 0 Å². The Morgan fingerprint density at radius 2 is 1.96 bits per heavy atom. The molecule has 126 valence electrons. The number of hydrogen-bond acceptors (Lipinski definition) is 6. The quantitative estimate of drug-likeness (QED) is 0.748. The first kappa shape index (κ1) is 17.4. The number of benzene rings is 1. The van der Waals surface area contributed by atoms with Crippen molar-refractivity contribution in [1.29, 1.82) is 0 Å². The molecule has 0 aromatic heterocycles. The molecule has 1 saturated heterocycles. The fraction of sp³-hybridized carbons (Fsp3) is 0.429. The summed E-state index contributed by atoms with van der Waals surface area (Å²) < 4.78 is 32.8. The highest BCUT2D eigenvalue weighted by Gasteiger charge is 2.20. The van der Waals surface area contributed by atoms with Gasteiger partial charge in [0, 0.05) is 13.1 Å². The van der Waals surface area contributed by atoms with Crippen molar-refractivity contribution in [2.45, 2.75) is 11.8 Å². The zero-order valence-corrected chi connectivity index (χ0v) is 13.5. The van der Waals surface area contributed by atoms with E-state index in [2.05, 4.69) is 0 Å². The Morgan fingerprint density at radius 3 is 2.57 bits per heavy atom. The molecule has 1 heterocycles. The molecular weight excluding hydrogens is 324 g/mol. The lowest BCUT2D eigenvalue weighted by atomic mass is 10.1. The van der Waals surface area contributed by atoms with Gasteiger partial charge in [-0.3, -0.25) is 4.79 Å². The van der Waals surface area contributed by atoms with E-state index in [9.17, 15) is 18.0 Å². The molecule has 1 amide bonds. The molecule has 23 heavy (non-hydrogen) atoms. The second kappa shape index (κ2) is 7.07. The molecule has 1 aliphatic heterocycles. The standard InChI is InChI=1S/C14H18N2O6S/c1-10-2-3-11(23(15,19)20)8-12(10)14(18)22-9-13(17)16-4-6-21-7-5-16/h2-3,8H,4-7,9H2,1H3,(H2,15,19,20). The maximum Gasteiger partial charge on any atom is 0.338 e. The molecule has 1 fully saturated rings. The molecule has 1 aromatic carbocycles. The number of amides is 1. The number of primary sulfonamides is 1. The van der Waals surface area contributed by atoms with Crippen LogP contribution in [0.4, 0.5) is 0 Å². The number of esters is 1. The van der Waals surface area contributed by atoms with Crippen LogP contribution in [0.3, 0.4) is 0 Å². The minimum atomic E-state index is -3.92. The highest BCUT2D eigenvalue weighted by atomic mass is 32.2. The zero-order chi connectivity index (χ0) is 17.0. The van der Waals surface area contributed by atoms with Crippen molar-refractivity contribution >= 4 is 21.9 Å². The van der Waals surface area contributed by atoms with Gasteiger partial charge >= 0.3 is 5.97 Å². The minimum Gasteiger partial charge on any atom is -0.452 e. The number of hydrogen-bond donors (Lipinski definition) is 1. The first-order chi connectivity index (χ1) is 10.8. The highest BCUT2D eigenvalue weighted by Crippen LogP contribution is 2.15. The summed E-state index contributed by atoms with van der Waals surface area (Å²) in [6, 6.07) is 3.91. The summed E-state index contributed by atoms with van der Waals surface area (Å²) in [7, 11) is -3.92. The normalized spacial score (nSPS) is 15.3. The van der Waals surface area contributed by atoms with Gasteiger partial charge in [0.15, 0.2) is 6.61 Å². The molecule has 0 bridgehead atoms. The fourth-order valence-electron chi connectivity index (χ4n) is 2.11. The van der Waals surface area contributed by atoms with Crippen molar-refractivity contribution in [3.8, 4) is 0 Å². The topological polar surface area (TPSA) is 116 Å². The van der Waals surface area contributed by atoms with Gasteiger partial charge in [0.05, 0.1) is 23.7 Å².